The number of hydrogen-bond acceptors (Lipinski definition) is 4. The van der Waals surface area contributed by atoms with Crippen molar-refractivity contribution in [2.24, 2.45) is 0 Å². The molecule has 5 nitrogen and oxygen atoms in total. The van der Waals surface area contributed by atoms with Gasteiger partial charge in [0.2, 0.25) is 5.91 Å². The van der Waals surface area contributed by atoms with Crippen LogP contribution in [-0.2, 0) is 11.3 Å². The maximum atomic E-state index is 11.0. The minimum Gasteiger partial charge on any atom is -0.493 e. The van der Waals surface area contributed by atoms with Crippen molar-refractivity contribution in [3.63, 3.8) is 0 Å². The van der Waals surface area contributed by atoms with Crippen LogP contribution in [-0.4, -0.2) is 44.7 Å². The molecule has 120 valence electrons. The van der Waals surface area contributed by atoms with Gasteiger partial charge in [0.25, 0.3) is 0 Å². The van der Waals surface area contributed by atoms with Gasteiger partial charge >= 0.3 is 0 Å². The average molecular weight is 304 g/mol. The maximum Gasteiger partial charge on any atom is 0.217 e. The van der Waals surface area contributed by atoms with Crippen molar-refractivity contribution < 1.29 is 14.3 Å². The molecule has 1 heterocycles. The topological polar surface area (TPSA) is 50.8 Å². The number of carbonyl (C=O) groups is 1. The van der Waals surface area contributed by atoms with E-state index in [9.17, 15) is 4.79 Å². The third kappa shape index (κ3) is 4.24. The fourth-order valence-corrected chi connectivity index (χ4v) is 2.70. The van der Waals surface area contributed by atoms with Gasteiger partial charge in [0.05, 0.1) is 14.2 Å². The van der Waals surface area contributed by atoms with Gasteiger partial charge in [0, 0.05) is 38.7 Å². The number of benzene rings is 1. The van der Waals surface area contributed by atoms with Crippen molar-refractivity contribution in [3.05, 3.63) is 35.4 Å². The summed E-state index contributed by atoms with van der Waals surface area (Å²) in [4.78, 5) is 13.4. The van der Waals surface area contributed by atoms with Crippen LogP contribution in [0.5, 0.6) is 11.5 Å². The number of nitrogens with zero attached hydrogens (tertiary/aromatic N) is 1. The number of ether oxygens (including phenoxy) is 2. The summed E-state index contributed by atoms with van der Waals surface area (Å²) in [5.74, 6) is 1.56. The van der Waals surface area contributed by atoms with E-state index in [4.69, 9.17) is 9.47 Å². The van der Waals surface area contributed by atoms with Crippen LogP contribution in [0.4, 0.5) is 0 Å². The van der Waals surface area contributed by atoms with Gasteiger partial charge in [-0.15, -0.1) is 0 Å². The predicted molar refractivity (Wildman–Crippen MR) is 86.2 cm³/mol. The second-order valence-electron chi connectivity index (χ2n) is 5.42. The van der Waals surface area contributed by atoms with Crippen molar-refractivity contribution in [2.75, 3.05) is 33.9 Å². The molecule has 1 aliphatic rings. The molecule has 0 radical (unpaired) electrons. The summed E-state index contributed by atoms with van der Waals surface area (Å²) in [5, 5.41) is 2.86. The molecule has 2 rings (SSSR count). The Bertz CT molecular complexity index is 555. The van der Waals surface area contributed by atoms with E-state index in [0.29, 0.717) is 6.54 Å². The van der Waals surface area contributed by atoms with Crippen LogP contribution < -0.4 is 14.8 Å². The summed E-state index contributed by atoms with van der Waals surface area (Å²) < 4.78 is 10.8. The van der Waals surface area contributed by atoms with Crippen LogP contribution in [0.3, 0.4) is 0 Å². The Balaban J connectivity index is 2.02. The van der Waals surface area contributed by atoms with Crippen LogP contribution in [0.2, 0.25) is 0 Å². The molecule has 0 bridgehead atoms. The van der Waals surface area contributed by atoms with Gasteiger partial charge in [-0.2, -0.15) is 0 Å². The largest absolute Gasteiger partial charge is 0.493 e. The first-order chi connectivity index (χ1) is 10.6. The lowest BCUT2D eigenvalue weighted by Crippen LogP contribution is -2.34. The molecule has 1 aromatic rings. The molecule has 1 aliphatic heterocycles. The second kappa shape index (κ2) is 7.84. The van der Waals surface area contributed by atoms with E-state index in [-0.39, 0.29) is 5.91 Å². The number of amides is 1. The van der Waals surface area contributed by atoms with E-state index in [1.165, 1.54) is 5.57 Å². The summed E-state index contributed by atoms with van der Waals surface area (Å²) in [6.07, 6.45) is 3.22. The van der Waals surface area contributed by atoms with Crippen molar-refractivity contribution in [1.29, 1.82) is 0 Å². The molecule has 0 fully saturated rings. The standard InChI is InChI=1S/C17H24N2O3/c1-13(20)18-10-14-6-5-9-19(11-14)12-15-7-4-8-16(21-2)17(15)22-3/h4,6-8H,5,9-12H2,1-3H3,(H,18,20). The third-order valence-corrected chi connectivity index (χ3v) is 3.75. The van der Waals surface area contributed by atoms with Crippen molar-refractivity contribution in [3.8, 4) is 11.5 Å². The fraction of sp³-hybridized carbons (Fsp3) is 0.471. The Morgan fingerprint density at radius 2 is 2.14 bits per heavy atom. The lowest BCUT2D eigenvalue weighted by atomic mass is 10.1. The molecule has 0 spiro atoms. The van der Waals surface area contributed by atoms with E-state index in [1.54, 1.807) is 21.1 Å². The SMILES string of the molecule is COc1cccc(CN2CCC=C(CNC(C)=O)C2)c1OC. The van der Waals surface area contributed by atoms with Crippen LogP contribution in [0.25, 0.3) is 0 Å². The van der Waals surface area contributed by atoms with Crippen molar-refractivity contribution in [2.45, 2.75) is 19.9 Å². The number of methoxy groups -OCH3 is 2. The summed E-state index contributed by atoms with van der Waals surface area (Å²) in [5.41, 5.74) is 2.37. The predicted octanol–water partition coefficient (Wildman–Crippen LogP) is 1.97. The zero-order valence-electron chi connectivity index (χ0n) is 13.5. The van der Waals surface area contributed by atoms with Gasteiger partial charge in [-0.3, -0.25) is 9.69 Å². The van der Waals surface area contributed by atoms with Gasteiger partial charge in [0.1, 0.15) is 0 Å². The number of carbonyl (C=O) groups excluding carboxylic acids is 1. The minimum absolute atomic E-state index is 0.00693. The highest BCUT2D eigenvalue weighted by Crippen LogP contribution is 2.31. The Morgan fingerprint density at radius 3 is 2.82 bits per heavy atom. The summed E-state index contributed by atoms with van der Waals surface area (Å²) in [6.45, 7) is 4.84. The first-order valence-electron chi connectivity index (χ1n) is 7.48. The summed E-state index contributed by atoms with van der Waals surface area (Å²) in [6, 6.07) is 5.95. The zero-order chi connectivity index (χ0) is 15.9. The molecule has 1 amide bonds. The number of rotatable bonds is 6. The summed E-state index contributed by atoms with van der Waals surface area (Å²) >= 11 is 0. The molecular weight excluding hydrogens is 280 g/mol. The first kappa shape index (κ1) is 16.4. The normalized spacial score (nSPS) is 15.1. The second-order valence-corrected chi connectivity index (χ2v) is 5.42. The number of nitrogens with one attached hydrogen (secondary N) is 1. The molecule has 5 heteroatoms. The third-order valence-electron chi connectivity index (χ3n) is 3.75. The number of para-hydroxylation sites is 1. The molecule has 0 atom stereocenters. The van der Waals surface area contributed by atoms with Gasteiger partial charge < -0.3 is 14.8 Å². The Hall–Kier alpha value is -2.01. The van der Waals surface area contributed by atoms with E-state index in [2.05, 4.69) is 22.4 Å². The van der Waals surface area contributed by atoms with Crippen LogP contribution in [0.1, 0.15) is 18.9 Å². The number of hydrogen-bond donors (Lipinski definition) is 1. The minimum atomic E-state index is 0.00693. The van der Waals surface area contributed by atoms with Gasteiger partial charge in [-0.05, 0) is 18.1 Å². The molecule has 0 saturated heterocycles. The Kier molecular flexibility index (Phi) is 5.83. The highest BCUT2D eigenvalue weighted by molar-refractivity contribution is 5.73. The highest BCUT2D eigenvalue weighted by Gasteiger charge is 2.16. The average Bonchev–Trinajstić information content (AvgIpc) is 2.53. The molecule has 0 unspecified atom stereocenters. The van der Waals surface area contributed by atoms with Crippen LogP contribution >= 0.6 is 0 Å². The fourth-order valence-electron chi connectivity index (χ4n) is 2.70. The first-order valence-corrected chi connectivity index (χ1v) is 7.48. The van der Waals surface area contributed by atoms with E-state index < -0.39 is 0 Å². The zero-order valence-corrected chi connectivity index (χ0v) is 13.5. The van der Waals surface area contributed by atoms with Crippen LogP contribution in [0.15, 0.2) is 29.8 Å². The molecule has 0 saturated carbocycles. The maximum absolute atomic E-state index is 11.0. The Labute approximate surface area is 131 Å². The van der Waals surface area contributed by atoms with Crippen LogP contribution in [0, 0.1) is 0 Å². The Morgan fingerprint density at radius 1 is 1.32 bits per heavy atom. The quantitative estimate of drug-likeness (QED) is 0.817. The molecule has 22 heavy (non-hydrogen) atoms. The van der Waals surface area contributed by atoms with Gasteiger partial charge in [-0.1, -0.05) is 18.2 Å². The highest BCUT2D eigenvalue weighted by atomic mass is 16.5. The van der Waals surface area contributed by atoms with Crippen molar-refractivity contribution in [1.82, 2.24) is 10.2 Å². The molecule has 0 aliphatic carbocycles. The molecule has 1 N–H and O–H groups in total. The van der Waals surface area contributed by atoms with E-state index in [1.807, 2.05) is 12.1 Å². The lowest BCUT2D eigenvalue weighted by Gasteiger charge is -2.28. The smallest absolute Gasteiger partial charge is 0.217 e. The lowest BCUT2D eigenvalue weighted by molar-refractivity contribution is -0.118. The molecular formula is C17H24N2O3. The van der Waals surface area contributed by atoms with Gasteiger partial charge in [-0.25, -0.2) is 0 Å². The van der Waals surface area contributed by atoms with Gasteiger partial charge in [0.15, 0.2) is 11.5 Å². The van der Waals surface area contributed by atoms with Crippen molar-refractivity contribution >= 4 is 5.91 Å². The molecule has 0 aromatic heterocycles. The summed E-state index contributed by atoms with van der Waals surface area (Å²) in [7, 11) is 3.32. The van der Waals surface area contributed by atoms with E-state index >= 15 is 0 Å². The van der Waals surface area contributed by atoms with E-state index in [0.717, 1.165) is 43.1 Å². The monoisotopic (exact) mass is 304 g/mol. The molecule has 1 aromatic carbocycles.